The molecule has 0 aliphatic carbocycles. The first-order valence-corrected chi connectivity index (χ1v) is 7.62. The van der Waals surface area contributed by atoms with Crippen LogP contribution in [-0.4, -0.2) is 25.1 Å². The van der Waals surface area contributed by atoms with Crippen molar-refractivity contribution in [1.29, 1.82) is 0 Å². The van der Waals surface area contributed by atoms with Crippen LogP contribution in [0.4, 0.5) is 5.69 Å². The Balaban J connectivity index is 1.66. The van der Waals surface area contributed by atoms with E-state index in [0.717, 1.165) is 31.7 Å². The molecule has 1 amide bonds. The van der Waals surface area contributed by atoms with Crippen molar-refractivity contribution in [3.63, 3.8) is 0 Å². The molecule has 2 aromatic rings. The number of amides is 1. The summed E-state index contributed by atoms with van der Waals surface area (Å²) in [6.45, 7) is 1.94. The van der Waals surface area contributed by atoms with E-state index in [0.29, 0.717) is 10.7 Å². The molecule has 1 aromatic carbocycles. The first-order valence-electron chi connectivity index (χ1n) is 7.24. The van der Waals surface area contributed by atoms with Crippen molar-refractivity contribution >= 4 is 23.2 Å². The van der Waals surface area contributed by atoms with Crippen LogP contribution in [0.25, 0.3) is 0 Å². The van der Waals surface area contributed by atoms with Gasteiger partial charge >= 0.3 is 0 Å². The summed E-state index contributed by atoms with van der Waals surface area (Å²) in [5.41, 5.74) is 0.643. The van der Waals surface area contributed by atoms with E-state index in [2.05, 4.69) is 10.6 Å². The maximum atomic E-state index is 12.1. The molecule has 2 N–H and O–H groups in total. The average Bonchev–Trinajstić information content (AvgIpc) is 2.95. The molecule has 0 atom stereocenters. The molecular formula is C16H17ClN2O3. The summed E-state index contributed by atoms with van der Waals surface area (Å²) >= 11 is 5.88. The summed E-state index contributed by atoms with van der Waals surface area (Å²) in [6.07, 6.45) is 3.57. The minimum atomic E-state index is -0.381. The normalized spacial score (nSPS) is 15.5. The molecule has 1 aliphatic rings. The Hall–Kier alpha value is -1.98. The van der Waals surface area contributed by atoms with Crippen LogP contribution in [-0.2, 0) is 0 Å². The predicted molar refractivity (Wildman–Crippen MR) is 84.6 cm³/mol. The number of hydrogen-bond donors (Lipinski definition) is 2. The fourth-order valence-electron chi connectivity index (χ4n) is 2.40. The lowest BCUT2D eigenvalue weighted by Crippen LogP contribution is -2.34. The number of benzene rings is 1. The van der Waals surface area contributed by atoms with Crippen LogP contribution in [0.3, 0.4) is 0 Å². The second kappa shape index (κ2) is 6.85. The molecule has 0 spiro atoms. The predicted octanol–water partition coefficient (Wildman–Crippen LogP) is 3.32. The number of halogens is 1. The summed E-state index contributed by atoms with van der Waals surface area (Å²) < 4.78 is 11.0. The number of hydrogen-bond acceptors (Lipinski definition) is 4. The van der Waals surface area contributed by atoms with Gasteiger partial charge < -0.3 is 19.8 Å². The fourth-order valence-corrected chi connectivity index (χ4v) is 2.58. The summed E-state index contributed by atoms with van der Waals surface area (Å²) in [7, 11) is 0. The van der Waals surface area contributed by atoms with Crippen LogP contribution in [0.5, 0.6) is 5.75 Å². The minimum Gasteiger partial charge on any atom is -0.490 e. The summed E-state index contributed by atoms with van der Waals surface area (Å²) in [6, 6.07) is 8.86. The SMILES string of the molecule is O=C(Nc1cccc(OC2CCNCC2)c1)c1occc1Cl. The molecule has 3 rings (SSSR count). The molecule has 0 unspecified atom stereocenters. The molecule has 2 heterocycles. The van der Waals surface area contributed by atoms with Gasteiger partial charge in [-0.15, -0.1) is 0 Å². The third-order valence-corrected chi connectivity index (χ3v) is 3.80. The van der Waals surface area contributed by atoms with Gasteiger partial charge in [0.25, 0.3) is 5.91 Å². The van der Waals surface area contributed by atoms with Crippen molar-refractivity contribution in [2.75, 3.05) is 18.4 Å². The number of piperidine rings is 1. The highest BCUT2D eigenvalue weighted by Crippen LogP contribution is 2.23. The second-order valence-electron chi connectivity index (χ2n) is 5.15. The molecule has 0 saturated carbocycles. The van der Waals surface area contributed by atoms with Gasteiger partial charge in [-0.2, -0.15) is 0 Å². The van der Waals surface area contributed by atoms with E-state index in [4.69, 9.17) is 20.8 Å². The minimum absolute atomic E-state index is 0.103. The number of furan rings is 1. The molecule has 1 aromatic heterocycles. The van der Waals surface area contributed by atoms with E-state index in [1.807, 2.05) is 12.1 Å². The monoisotopic (exact) mass is 320 g/mol. The van der Waals surface area contributed by atoms with Crippen LogP contribution in [0.2, 0.25) is 5.02 Å². The van der Waals surface area contributed by atoms with E-state index < -0.39 is 0 Å². The fraction of sp³-hybridized carbons (Fsp3) is 0.312. The lowest BCUT2D eigenvalue weighted by Gasteiger charge is -2.24. The van der Waals surface area contributed by atoms with Gasteiger partial charge in [0.2, 0.25) is 5.76 Å². The first-order chi connectivity index (χ1) is 10.7. The van der Waals surface area contributed by atoms with Crippen molar-refractivity contribution < 1.29 is 13.9 Å². The number of ether oxygens (including phenoxy) is 1. The van der Waals surface area contributed by atoms with E-state index in [-0.39, 0.29) is 17.8 Å². The molecule has 6 heteroatoms. The maximum absolute atomic E-state index is 12.1. The summed E-state index contributed by atoms with van der Waals surface area (Å²) in [5.74, 6) is 0.468. The number of carbonyl (C=O) groups excluding carboxylic acids is 1. The quantitative estimate of drug-likeness (QED) is 0.907. The lowest BCUT2D eigenvalue weighted by atomic mass is 10.1. The smallest absolute Gasteiger partial charge is 0.292 e. The standard InChI is InChI=1S/C16H17ClN2O3/c17-14-6-9-21-15(14)16(20)19-11-2-1-3-13(10-11)22-12-4-7-18-8-5-12/h1-3,6,9-10,12,18H,4-5,7-8H2,(H,19,20). The molecular weight excluding hydrogens is 304 g/mol. The second-order valence-corrected chi connectivity index (χ2v) is 5.55. The van der Waals surface area contributed by atoms with Gasteiger partial charge in [0.15, 0.2) is 0 Å². The number of carbonyl (C=O) groups is 1. The van der Waals surface area contributed by atoms with Gasteiger partial charge in [0, 0.05) is 11.8 Å². The van der Waals surface area contributed by atoms with Crippen molar-refractivity contribution in [1.82, 2.24) is 5.32 Å². The summed E-state index contributed by atoms with van der Waals surface area (Å²) in [4.78, 5) is 12.1. The molecule has 1 fully saturated rings. The van der Waals surface area contributed by atoms with E-state index >= 15 is 0 Å². The van der Waals surface area contributed by atoms with E-state index in [1.54, 1.807) is 12.1 Å². The molecule has 1 aliphatic heterocycles. The zero-order valence-corrected chi connectivity index (χ0v) is 12.7. The third-order valence-electron chi connectivity index (χ3n) is 3.50. The highest BCUT2D eigenvalue weighted by Gasteiger charge is 2.16. The molecule has 0 radical (unpaired) electrons. The van der Waals surface area contributed by atoms with Gasteiger partial charge in [-0.25, -0.2) is 0 Å². The Morgan fingerprint density at radius 1 is 1.32 bits per heavy atom. The zero-order valence-electron chi connectivity index (χ0n) is 12.0. The van der Waals surface area contributed by atoms with Gasteiger partial charge in [0.1, 0.15) is 11.9 Å². The van der Waals surface area contributed by atoms with Crippen LogP contribution in [0, 0.1) is 0 Å². The molecule has 5 nitrogen and oxygen atoms in total. The van der Waals surface area contributed by atoms with Gasteiger partial charge in [-0.05, 0) is 44.1 Å². The highest BCUT2D eigenvalue weighted by molar-refractivity contribution is 6.33. The van der Waals surface area contributed by atoms with Gasteiger partial charge in [-0.1, -0.05) is 17.7 Å². The Bertz CT molecular complexity index is 650. The highest BCUT2D eigenvalue weighted by atomic mass is 35.5. The van der Waals surface area contributed by atoms with Crippen molar-refractivity contribution in [2.45, 2.75) is 18.9 Å². The maximum Gasteiger partial charge on any atom is 0.292 e. The van der Waals surface area contributed by atoms with Crippen LogP contribution in [0.15, 0.2) is 41.0 Å². The third kappa shape index (κ3) is 3.61. The molecule has 0 bridgehead atoms. The van der Waals surface area contributed by atoms with Crippen LogP contribution >= 0.6 is 11.6 Å². The van der Waals surface area contributed by atoms with Crippen LogP contribution < -0.4 is 15.4 Å². The Labute approximate surface area is 133 Å². The average molecular weight is 321 g/mol. The van der Waals surface area contributed by atoms with Crippen LogP contribution in [0.1, 0.15) is 23.4 Å². The lowest BCUT2D eigenvalue weighted by molar-refractivity contribution is 0.0997. The Morgan fingerprint density at radius 2 is 2.14 bits per heavy atom. The van der Waals surface area contributed by atoms with E-state index in [9.17, 15) is 4.79 Å². The van der Waals surface area contributed by atoms with Crippen molar-refractivity contribution in [2.24, 2.45) is 0 Å². The van der Waals surface area contributed by atoms with E-state index in [1.165, 1.54) is 12.3 Å². The molecule has 116 valence electrons. The number of anilines is 1. The number of rotatable bonds is 4. The largest absolute Gasteiger partial charge is 0.490 e. The molecule has 1 saturated heterocycles. The zero-order chi connectivity index (χ0) is 15.4. The Kier molecular flexibility index (Phi) is 4.65. The topological polar surface area (TPSA) is 63.5 Å². The first kappa shape index (κ1) is 14.9. The number of nitrogens with one attached hydrogen (secondary N) is 2. The van der Waals surface area contributed by atoms with Crippen molar-refractivity contribution in [3.8, 4) is 5.75 Å². The Morgan fingerprint density at radius 3 is 2.86 bits per heavy atom. The summed E-state index contributed by atoms with van der Waals surface area (Å²) in [5, 5.41) is 6.34. The molecule has 22 heavy (non-hydrogen) atoms. The van der Waals surface area contributed by atoms with Gasteiger partial charge in [0.05, 0.1) is 11.3 Å². The van der Waals surface area contributed by atoms with Gasteiger partial charge in [-0.3, -0.25) is 4.79 Å². The van der Waals surface area contributed by atoms with Crippen molar-refractivity contribution in [3.05, 3.63) is 47.4 Å².